The molecule has 5 aromatic rings. The van der Waals surface area contributed by atoms with E-state index >= 15 is 0 Å². The van der Waals surface area contributed by atoms with Gasteiger partial charge in [0.15, 0.2) is 23.3 Å². The predicted molar refractivity (Wildman–Crippen MR) is 238 cm³/mol. The molecular formula is C50H47F5N2O5S2. The standard InChI is InChI=1S/C50H46F5N2O5S2/c1-26(2)32-14-11-15-33(27(3)4)39(32)23-30-19-21-36-40(24-30)62-41-25-31(56-49-34(28(5)6)16-12-17-35(49)29(7)8)20-22-37(41)43(36)38-13-9-10-18-42(38)63(58,59)57-64(60,61)50-47(54)45(52)44(51)46(53)48(50)55/h9-22,24-29H,23H2,1-8H3/q-1/p+1. The van der Waals surface area contributed by atoms with Crippen molar-refractivity contribution in [2.45, 2.75) is 95.3 Å². The molecule has 0 bridgehead atoms. The molecule has 2 aliphatic rings. The van der Waals surface area contributed by atoms with E-state index in [4.69, 9.17) is 4.42 Å². The molecule has 1 N–H and O–H groups in total. The van der Waals surface area contributed by atoms with Crippen molar-refractivity contribution in [2.24, 2.45) is 0 Å². The summed E-state index contributed by atoms with van der Waals surface area (Å²) >= 11 is 0. The first kappa shape index (κ1) is 46.3. The van der Waals surface area contributed by atoms with Crippen molar-refractivity contribution in [1.82, 2.24) is 0 Å². The lowest BCUT2D eigenvalue weighted by molar-refractivity contribution is -0.404. The molecule has 0 saturated heterocycles. The van der Waals surface area contributed by atoms with Gasteiger partial charge in [0, 0.05) is 39.3 Å². The van der Waals surface area contributed by atoms with Crippen molar-refractivity contribution < 1.29 is 48.2 Å². The second-order valence-corrected chi connectivity index (χ2v) is 20.4. The number of hydrogen-bond donors (Lipinski definition) is 1. The van der Waals surface area contributed by atoms with Crippen molar-refractivity contribution in [3.63, 3.8) is 0 Å². The molecule has 0 unspecified atom stereocenters. The Labute approximate surface area is 370 Å². The van der Waals surface area contributed by atoms with E-state index in [1.54, 1.807) is 24.3 Å². The molecule has 0 fully saturated rings. The third kappa shape index (κ3) is 8.62. The molecule has 64 heavy (non-hydrogen) atoms. The maximum Gasteiger partial charge on any atom is 0.210 e. The Morgan fingerprint density at radius 2 is 1.09 bits per heavy atom. The van der Waals surface area contributed by atoms with Gasteiger partial charge < -0.3 is 8.54 Å². The molecule has 1 heterocycles. The molecule has 7 nitrogen and oxygen atoms in total. The Balaban J connectivity index is 1.48. The highest BCUT2D eigenvalue weighted by Crippen LogP contribution is 2.44. The minimum atomic E-state index is -6.07. The quantitative estimate of drug-likeness (QED) is 0.0568. The van der Waals surface area contributed by atoms with Crippen LogP contribution < -0.4 is 10.3 Å². The topological polar surface area (TPSA) is 109 Å². The van der Waals surface area contributed by atoms with Crippen molar-refractivity contribution in [2.75, 3.05) is 0 Å². The van der Waals surface area contributed by atoms with Gasteiger partial charge >= 0.3 is 0 Å². The lowest BCUT2D eigenvalue weighted by Gasteiger charge is -2.24. The van der Waals surface area contributed by atoms with Gasteiger partial charge in [-0.25, -0.2) is 43.8 Å². The third-order valence-electron chi connectivity index (χ3n) is 11.4. The molecule has 14 heteroatoms. The molecule has 0 atom stereocenters. The number of para-hydroxylation sites is 1. The van der Waals surface area contributed by atoms with Crippen molar-refractivity contribution in [3.8, 4) is 22.5 Å². The van der Waals surface area contributed by atoms with E-state index in [2.05, 4.69) is 94.8 Å². The molecular weight excluding hydrogens is 868 g/mol. The molecule has 7 rings (SSSR count). The maximum absolute atomic E-state index is 14.8. The molecule has 0 spiro atoms. The van der Waals surface area contributed by atoms with Crippen LogP contribution in [0.25, 0.3) is 37.5 Å². The van der Waals surface area contributed by atoms with E-state index in [-0.39, 0.29) is 34.8 Å². The second-order valence-electron chi connectivity index (χ2n) is 17.1. The number of sulfonamides is 2. The Kier molecular flexibility index (Phi) is 12.8. The highest BCUT2D eigenvalue weighted by Gasteiger charge is 2.32. The first-order valence-corrected chi connectivity index (χ1v) is 23.7. The summed E-state index contributed by atoms with van der Waals surface area (Å²) in [5.74, 6) is -12.1. The first-order valence-electron chi connectivity index (χ1n) is 20.8. The van der Waals surface area contributed by atoms with Crippen LogP contribution in [0.3, 0.4) is 0 Å². The van der Waals surface area contributed by atoms with Crippen molar-refractivity contribution in [3.05, 3.63) is 169 Å². The van der Waals surface area contributed by atoms with Gasteiger partial charge in [0.1, 0.15) is 36.3 Å². The number of halogens is 5. The number of benzene rings is 6. The third-order valence-corrected chi connectivity index (χ3v) is 14.7. The molecule has 0 saturated carbocycles. The fourth-order valence-electron chi connectivity index (χ4n) is 8.28. The van der Waals surface area contributed by atoms with Gasteiger partial charge in [-0.15, -0.1) is 0 Å². The highest BCUT2D eigenvalue weighted by molar-refractivity contribution is 8.12. The Bertz CT molecular complexity index is 3150. The van der Waals surface area contributed by atoms with E-state index in [0.29, 0.717) is 34.1 Å². The predicted octanol–water partition coefficient (Wildman–Crippen LogP) is 11.7. The Morgan fingerprint density at radius 1 is 0.562 bits per heavy atom. The zero-order valence-corrected chi connectivity index (χ0v) is 38.1. The lowest BCUT2D eigenvalue weighted by atomic mass is 9.85. The van der Waals surface area contributed by atoms with Crippen LogP contribution in [-0.2, 0) is 26.5 Å². The van der Waals surface area contributed by atoms with Gasteiger partial charge in [0.25, 0.3) is 0 Å². The first-order chi connectivity index (χ1) is 30.1. The van der Waals surface area contributed by atoms with Crippen LogP contribution in [0.1, 0.15) is 112 Å². The zero-order chi connectivity index (χ0) is 46.6. The minimum Gasteiger partial charge on any atom is -0.456 e. The largest absolute Gasteiger partial charge is 0.456 e. The van der Waals surface area contributed by atoms with Gasteiger partial charge in [-0.2, -0.15) is 0 Å². The van der Waals surface area contributed by atoms with Crippen LogP contribution in [0, 0.1) is 29.1 Å². The van der Waals surface area contributed by atoms with Crippen LogP contribution in [-0.4, -0.2) is 16.8 Å². The summed E-state index contributed by atoms with van der Waals surface area (Å²) in [4.78, 5) is 0.486. The van der Waals surface area contributed by atoms with E-state index in [1.807, 2.05) is 18.2 Å². The molecule has 1 aliphatic heterocycles. The van der Waals surface area contributed by atoms with E-state index in [0.717, 1.165) is 28.4 Å². The average molecular weight is 915 g/mol. The number of nitrogens with one attached hydrogen (secondary N) is 1. The van der Waals surface area contributed by atoms with E-state index in [9.17, 15) is 38.8 Å². The Morgan fingerprint density at radius 3 is 1.66 bits per heavy atom. The summed E-state index contributed by atoms with van der Waals surface area (Å²) in [7, 11) is -11.5. The van der Waals surface area contributed by atoms with Gasteiger partial charge in [-0.3, -0.25) is 0 Å². The number of nitrogens with zero attached hydrogens (tertiary/aromatic N) is 1. The fraction of sp³-hybridized carbons (Fsp3) is 0.260. The van der Waals surface area contributed by atoms with Crippen LogP contribution in [0.15, 0.2) is 111 Å². The van der Waals surface area contributed by atoms with Gasteiger partial charge in [0.2, 0.25) is 16.9 Å². The minimum absolute atomic E-state index is 0.0717. The summed E-state index contributed by atoms with van der Waals surface area (Å²) in [6.07, 6.45) is 0.547. The van der Waals surface area contributed by atoms with Gasteiger partial charge in [-0.05, 0) is 70.5 Å². The molecule has 1 aliphatic carbocycles. The molecule has 0 aromatic heterocycles. The van der Waals surface area contributed by atoms with Crippen molar-refractivity contribution >= 4 is 36.7 Å². The smallest absolute Gasteiger partial charge is 0.210 e. The molecule has 334 valence electrons. The van der Waals surface area contributed by atoms with Crippen LogP contribution in [0.2, 0.25) is 0 Å². The monoisotopic (exact) mass is 914 g/mol. The number of fused-ring (bicyclic) bond motifs is 2. The van der Waals surface area contributed by atoms with E-state index < -0.39 is 58.9 Å². The zero-order valence-electron chi connectivity index (χ0n) is 36.4. The normalized spacial score (nSPS) is 12.9. The summed E-state index contributed by atoms with van der Waals surface area (Å²) in [6, 6.07) is 28.6. The van der Waals surface area contributed by atoms with Crippen molar-refractivity contribution in [1.29, 1.82) is 0 Å². The van der Waals surface area contributed by atoms with Gasteiger partial charge in [0.05, 0.1) is 11.0 Å². The Hall–Kier alpha value is -5.70. The van der Waals surface area contributed by atoms with E-state index in [1.165, 1.54) is 34.9 Å². The SMILES string of the molecule is CC(C)c1cccc(C(C)C)c1Cc1ccc2c(-c3ccccc3S(=O)(=O)[N-]S(=O)(=O)c3c(F)c(F)c(F)c(F)c3F)c3ccc(=[NH+]c4c(C(C)C)cccc4C(C)C)cc-3oc2c1. The van der Waals surface area contributed by atoms with Crippen LogP contribution in [0.4, 0.5) is 27.6 Å². The highest BCUT2D eigenvalue weighted by atomic mass is 32.3. The average Bonchev–Trinajstić information content (AvgIpc) is 3.23. The van der Waals surface area contributed by atoms with Crippen LogP contribution in [0.5, 0.6) is 0 Å². The summed E-state index contributed by atoms with van der Waals surface area (Å²) in [6.45, 7) is 17.0. The fourth-order valence-corrected chi connectivity index (χ4v) is 11.3. The maximum atomic E-state index is 14.8. The summed E-state index contributed by atoms with van der Waals surface area (Å²) < 4.78 is 136. The van der Waals surface area contributed by atoms with Crippen LogP contribution >= 0.6 is 0 Å². The molecule has 0 radical (unpaired) electrons. The summed E-state index contributed by atoms with van der Waals surface area (Å²) in [5.41, 5.74) is 8.57. The number of hydrogen-bond acceptors (Lipinski definition) is 5. The molecule has 0 amide bonds. The van der Waals surface area contributed by atoms with Gasteiger partial charge in [-0.1, -0.05) is 122 Å². The summed E-state index contributed by atoms with van der Waals surface area (Å²) in [5, 5.41) is 1.08. The molecule has 5 aromatic carbocycles. The number of rotatable bonds is 12. The second kappa shape index (κ2) is 17.7. The lowest BCUT2D eigenvalue weighted by Crippen LogP contribution is -2.71.